The molecule has 0 radical (unpaired) electrons. The second-order valence-corrected chi connectivity index (χ2v) is 6.87. The summed E-state index contributed by atoms with van der Waals surface area (Å²) < 4.78 is 32.0. The first-order valence-corrected chi connectivity index (χ1v) is 8.76. The summed E-state index contributed by atoms with van der Waals surface area (Å²) in [5.41, 5.74) is 1.03. The predicted octanol–water partition coefficient (Wildman–Crippen LogP) is 3.82. The van der Waals surface area contributed by atoms with Gasteiger partial charge in [-0.2, -0.15) is 4.31 Å². The fourth-order valence-corrected chi connectivity index (χ4v) is 3.65. The molecule has 0 bridgehead atoms. The van der Waals surface area contributed by atoms with Crippen LogP contribution in [0, 0.1) is 6.92 Å². The molecule has 0 N–H and O–H groups in total. The van der Waals surface area contributed by atoms with Crippen LogP contribution < -0.4 is 4.74 Å². The molecule has 0 saturated carbocycles. The lowest BCUT2D eigenvalue weighted by atomic mass is 10.2. The SMILES string of the molecule is CCN(CC)S(=O)(=O)c1ccc(Oc2ccccc2C)cc1. The van der Waals surface area contributed by atoms with Crippen molar-refractivity contribution in [2.75, 3.05) is 13.1 Å². The van der Waals surface area contributed by atoms with Gasteiger partial charge in [-0.3, -0.25) is 0 Å². The summed E-state index contributed by atoms with van der Waals surface area (Å²) in [7, 11) is -3.42. The number of hydrogen-bond acceptors (Lipinski definition) is 3. The lowest BCUT2D eigenvalue weighted by Crippen LogP contribution is -2.30. The summed E-state index contributed by atoms with van der Waals surface area (Å²) >= 11 is 0. The van der Waals surface area contributed by atoms with E-state index >= 15 is 0 Å². The maximum atomic E-state index is 12.4. The molecule has 2 aromatic carbocycles. The average Bonchev–Trinajstić information content (AvgIpc) is 2.51. The predicted molar refractivity (Wildman–Crippen MR) is 87.8 cm³/mol. The first-order chi connectivity index (χ1) is 10.5. The molecule has 4 nitrogen and oxygen atoms in total. The van der Waals surface area contributed by atoms with Gasteiger partial charge in [-0.05, 0) is 42.8 Å². The number of benzene rings is 2. The van der Waals surface area contributed by atoms with Crippen LogP contribution in [0.1, 0.15) is 19.4 Å². The van der Waals surface area contributed by atoms with Gasteiger partial charge in [-0.25, -0.2) is 8.42 Å². The van der Waals surface area contributed by atoms with E-state index in [4.69, 9.17) is 4.74 Å². The molecule has 0 fully saturated rings. The summed E-state index contributed by atoms with van der Waals surface area (Å²) in [5.74, 6) is 1.38. The molecule has 5 heteroatoms. The zero-order valence-electron chi connectivity index (χ0n) is 13.1. The van der Waals surface area contributed by atoms with Gasteiger partial charge in [0.2, 0.25) is 10.0 Å². The van der Waals surface area contributed by atoms with Crippen molar-refractivity contribution in [1.29, 1.82) is 0 Å². The Kier molecular flexibility index (Phi) is 5.21. The van der Waals surface area contributed by atoms with Gasteiger partial charge in [0.25, 0.3) is 0 Å². The van der Waals surface area contributed by atoms with Crippen LogP contribution in [0.4, 0.5) is 0 Å². The van der Waals surface area contributed by atoms with E-state index in [-0.39, 0.29) is 4.90 Å². The molecule has 0 aromatic heterocycles. The third kappa shape index (κ3) is 3.48. The second kappa shape index (κ2) is 6.94. The molecule has 0 aliphatic heterocycles. The van der Waals surface area contributed by atoms with Crippen molar-refractivity contribution >= 4 is 10.0 Å². The average molecular weight is 319 g/mol. The van der Waals surface area contributed by atoms with Gasteiger partial charge >= 0.3 is 0 Å². The van der Waals surface area contributed by atoms with Gasteiger partial charge in [0.15, 0.2) is 0 Å². The number of rotatable bonds is 6. The van der Waals surface area contributed by atoms with E-state index in [1.165, 1.54) is 4.31 Å². The fourth-order valence-electron chi connectivity index (χ4n) is 2.19. The summed E-state index contributed by atoms with van der Waals surface area (Å²) in [5, 5.41) is 0. The minimum Gasteiger partial charge on any atom is -0.457 e. The van der Waals surface area contributed by atoms with Crippen LogP contribution in [0.2, 0.25) is 0 Å². The summed E-state index contributed by atoms with van der Waals surface area (Å²) in [6, 6.07) is 14.2. The van der Waals surface area contributed by atoms with E-state index in [9.17, 15) is 8.42 Å². The van der Waals surface area contributed by atoms with Crippen LogP contribution in [0.5, 0.6) is 11.5 Å². The van der Waals surface area contributed by atoms with E-state index in [2.05, 4.69) is 0 Å². The van der Waals surface area contributed by atoms with Gasteiger partial charge in [0, 0.05) is 13.1 Å². The molecule has 0 spiro atoms. The van der Waals surface area contributed by atoms with Gasteiger partial charge < -0.3 is 4.74 Å². The normalized spacial score (nSPS) is 11.6. The molecule has 2 aromatic rings. The molecule has 0 heterocycles. The lowest BCUT2D eigenvalue weighted by molar-refractivity contribution is 0.445. The van der Waals surface area contributed by atoms with Crippen LogP contribution >= 0.6 is 0 Å². The van der Waals surface area contributed by atoms with Crippen molar-refractivity contribution in [2.24, 2.45) is 0 Å². The fraction of sp³-hybridized carbons (Fsp3) is 0.294. The Bertz CT molecular complexity index is 720. The van der Waals surface area contributed by atoms with Crippen molar-refractivity contribution in [1.82, 2.24) is 4.31 Å². The van der Waals surface area contributed by atoms with E-state index in [1.54, 1.807) is 24.3 Å². The van der Waals surface area contributed by atoms with Crippen LogP contribution in [0.15, 0.2) is 53.4 Å². The van der Waals surface area contributed by atoms with E-state index < -0.39 is 10.0 Å². The molecule has 0 unspecified atom stereocenters. The number of aryl methyl sites for hydroxylation is 1. The smallest absolute Gasteiger partial charge is 0.243 e. The van der Waals surface area contributed by atoms with Crippen molar-refractivity contribution in [3.8, 4) is 11.5 Å². The highest BCUT2D eigenvalue weighted by Gasteiger charge is 2.21. The molecule has 0 amide bonds. The minimum absolute atomic E-state index is 0.285. The zero-order chi connectivity index (χ0) is 16.2. The Balaban J connectivity index is 2.22. The van der Waals surface area contributed by atoms with Crippen molar-refractivity contribution in [3.05, 3.63) is 54.1 Å². The molecule has 0 aliphatic carbocycles. The van der Waals surface area contributed by atoms with Crippen LogP contribution in [0.25, 0.3) is 0 Å². The Morgan fingerprint density at radius 1 is 0.955 bits per heavy atom. The third-order valence-electron chi connectivity index (χ3n) is 3.49. The molecule has 0 aliphatic rings. The van der Waals surface area contributed by atoms with Crippen LogP contribution in [-0.2, 0) is 10.0 Å². The molecule has 0 saturated heterocycles. The molecular formula is C17H21NO3S. The minimum atomic E-state index is -3.42. The molecule has 118 valence electrons. The summed E-state index contributed by atoms with van der Waals surface area (Å²) in [6.07, 6.45) is 0. The van der Waals surface area contributed by atoms with Crippen molar-refractivity contribution < 1.29 is 13.2 Å². The topological polar surface area (TPSA) is 46.6 Å². The number of nitrogens with zero attached hydrogens (tertiary/aromatic N) is 1. The highest BCUT2D eigenvalue weighted by Crippen LogP contribution is 2.26. The summed E-state index contributed by atoms with van der Waals surface area (Å²) in [6.45, 7) is 6.54. The maximum Gasteiger partial charge on any atom is 0.243 e. The third-order valence-corrected chi connectivity index (χ3v) is 5.55. The first-order valence-electron chi connectivity index (χ1n) is 7.32. The molecular weight excluding hydrogens is 298 g/mol. The second-order valence-electron chi connectivity index (χ2n) is 4.93. The quantitative estimate of drug-likeness (QED) is 0.813. The van der Waals surface area contributed by atoms with Crippen molar-refractivity contribution in [3.63, 3.8) is 0 Å². The van der Waals surface area contributed by atoms with Gasteiger partial charge in [0.05, 0.1) is 4.90 Å². The zero-order valence-corrected chi connectivity index (χ0v) is 13.9. The monoisotopic (exact) mass is 319 g/mol. The number of hydrogen-bond donors (Lipinski definition) is 0. The standard InChI is InChI=1S/C17H21NO3S/c1-4-18(5-2)22(19,20)16-12-10-15(11-13-16)21-17-9-7-6-8-14(17)3/h6-13H,4-5H2,1-3H3. The summed E-state index contributed by atoms with van der Waals surface area (Å²) in [4.78, 5) is 0.285. The van der Waals surface area contributed by atoms with Gasteiger partial charge in [-0.15, -0.1) is 0 Å². The van der Waals surface area contributed by atoms with Crippen molar-refractivity contribution in [2.45, 2.75) is 25.7 Å². The Morgan fingerprint density at radius 2 is 1.55 bits per heavy atom. The molecule has 22 heavy (non-hydrogen) atoms. The Labute approximate surface area is 132 Å². The lowest BCUT2D eigenvalue weighted by Gasteiger charge is -2.18. The maximum absolute atomic E-state index is 12.4. The first kappa shape index (κ1) is 16.5. The number of ether oxygens (including phenoxy) is 1. The van der Waals surface area contributed by atoms with Crippen LogP contribution in [0.3, 0.4) is 0 Å². The number of para-hydroxylation sites is 1. The Hall–Kier alpha value is -1.85. The Morgan fingerprint density at radius 3 is 2.09 bits per heavy atom. The molecule has 2 rings (SSSR count). The van der Waals surface area contributed by atoms with E-state index in [0.717, 1.165) is 11.3 Å². The largest absolute Gasteiger partial charge is 0.457 e. The highest BCUT2D eigenvalue weighted by atomic mass is 32.2. The highest BCUT2D eigenvalue weighted by molar-refractivity contribution is 7.89. The van der Waals surface area contributed by atoms with E-state index in [1.807, 2.05) is 45.0 Å². The van der Waals surface area contributed by atoms with Crippen LogP contribution in [-0.4, -0.2) is 25.8 Å². The van der Waals surface area contributed by atoms with Gasteiger partial charge in [0.1, 0.15) is 11.5 Å². The van der Waals surface area contributed by atoms with Gasteiger partial charge in [-0.1, -0.05) is 32.0 Å². The van der Waals surface area contributed by atoms with E-state index in [0.29, 0.717) is 18.8 Å². The number of sulfonamides is 1. The molecule has 0 atom stereocenters.